The first kappa shape index (κ1) is 23.4. The Labute approximate surface area is 210 Å². The van der Waals surface area contributed by atoms with Gasteiger partial charge < -0.3 is 14.5 Å². The highest BCUT2D eigenvalue weighted by Gasteiger charge is 2.28. The Morgan fingerprint density at radius 2 is 1.47 bits per heavy atom. The predicted octanol–water partition coefficient (Wildman–Crippen LogP) is 6.89. The molecule has 0 aliphatic heterocycles. The molecule has 1 heterocycles. The number of benzene rings is 4. The van der Waals surface area contributed by atoms with Crippen molar-refractivity contribution in [1.29, 1.82) is 0 Å². The van der Waals surface area contributed by atoms with Crippen molar-refractivity contribution in [3.8, 4) is 23.0 Å². The second-order valence-corrected chi connectivity index (χ2v) is 10.1. The van der Waals surface area contributed by atoms with E-state index >= 15 is 0 Å². The van der Waals surface area contributed by atoms with Gasteiger partial charge in [-0.2, -0.15) is 4.98 Å². The van der Waals surface area contributed by atoms with Crippen LogP contribution < -0.4 is 10.1 Å². The summed E-state index contributed by atoms with van der Waals surface area (Å²) in [6.45, 7) is 2.24. The smallest absolute Gasteiger partial charge is 0.234 e. The maximum atomic E-state index is 13.5. The number of aryl methyl sites for hydroxylation is 1. The predicted molar refractivity (Wildman–Crippen MR) is 139 cm³/mol. The second kappa shape index (κ2) is 10.1. The largest absolute Gasteiger partial charge is 0.457 e. The summed E-state index contributed by atoms with van der Waals surface area (Å²) in [6.07, 6.45) is 0. The molecule has 36 heavy (non-hydrogen) atoms. The number of hydrogen-bond acceptors (Lipinski definition) is 6. The summed E-state index contributed by atoms with van der Waals surface area (Å²) in [5.74, 6) is 1.74. The van der Waals surface area contributed by atoms with E-state index in [0.717, 1.165) is 22.4 Å². The lowest BCUT2D eigenvalue weighted by Crippen LogP contribution is -2.07. The lowest BCUT2D eigenvalue weighted by molar-refractivity contribution is 0.482. The summed E-state index contributed by atoms with van der Waals surface area (Å²) in [4.78, 5) is 4.58. The summed E-state index contributed by atoms with van der Waals surface area (Å²) in [6, 6.07) is 32.9. The van der Waals surface area contributed by atoms with Crippen LogP contribution in [0, 0.1) is 6.92 Å². The van der Waals surface area contributed by atoms with Crippen molar-refractivity contribution in [2.24, 2.45) is 0 Å². The molecule has 0 unspecified atom stereocenters. The molecule has 0 spiro atoms. The number of ether oxygens (including phenoxy) is 1. The van der Waals surface area contributed by atoms with Gasteiger partial charge >= 0.3 is 0 Å². The molecule has 0 radical (unpaired) electrons. The van der Waals surface area contributed by atoms with Crippen LogP contribution in [0.25, 0.3) is 11.5 Å². The molecule has 1 N–H and O–H groups in total. The lowest BCUT2D eigenvalue weighted by atomic mass is 10.1. The third kappa shape index (κ3) is 5.01. The van der Waals surface area contributed by atoms with E-state index in [-0.39, 0.29) is 21.7 Å². The van der Waals surface area contributed by atoms with Gasteiger partial charge in [-0.3, -0.25) is 0 Å². The minimum Gasteiger partial charge on any atom is -0.457 e. The highest BCUT2D eigenvalue weighted by atomic mass is 32.2. The molecule has 1 aromatic heterocycles. The van der Waals surface area contributed by atoms with Crippen molar-refractivity contribution in [2.45, 2.75) is 23.4 Å². The first-order valence-electron chi connectivity index (χ1n) is 11.4. The Morgan fingerprint density at radius 1 is 0.806 bits per heavy atom. The summed E-state index contributed by atoms with van der Waals surface area (Å²) in [5, 5.41) is 2.99. The minimum atomic E-state index is -3.91. The lowest BCUT2D eigenvalue weighted by Gasteiger charge is -2.09. The van der Waals surface area contributed by atoms with Crippen molar-refractivity contribution in [2.75, 3.05) is 5.32 Å². The molecule has 0 aliphatic carbocycles. The van der Waals surface area contributed by atoms with Crippen molar-refractivity contribution in [1.82, 2.24) is 4.98 Å². The number of para-hydroxylation sites is 1. The highest BCUT2D eigenvalue weighted by Crippen LogP contribution is 2.34. The molecule has 180 valence electrons. The van der Waals surface area contributed by atoms with Gasteiger partial charge in [-0.25, -0.2) is 8.42 Å². The molecule has 0 fully saturated rings. The molecular weight excluding hydrogens is 472 g/mol. The zero-order valence-electron chi connectivity index (χ0n) is 19.6. The Bertz CT molecular complexity index is 1580. The van der Waals surface area contributed by atoms with E-state index in [2.05, 4.69) is 10.3 Å². The third-order valence-corrected chi connectivity index (χ3v) is 7.29. The summed E-state index contributed by atoms with van der Waals surface area (Å²) < 4.78 is 38.9. The SMILES string of the molecule is Cc1ccccc1-c1nc(S(=O)(=O)c2ccccc2)c(NCc2cccc(Oc3ccccc3)c2)o1. The number of sulfone groups is 1. The van der Waals surface area contributed by atoms with Crippen LogP contribution >= 0.6 is 0 Å². The zero-order valence-corrected chi connectivity index (χ0v) is 20.4. The van der Waals surface area contributed by atoms with Crippen LogP contribution in [0.4, 0.5) is 5.88 Å². The Kier molecular flexibility index (Phi) is 6.56. The maximum absolute atomic E-state index is 13.5. The summed E-state index contributed by atoms with van der Waals surface area (Å²) in [7, 11) is -3.91. The normalized spacial score (nSPS) is 11.2. The van der Waals surface area contributed by atoms with Crippen molar-refractivity contribution in [3.05, 3.63) is 120 Å². The molecule has 0 aliphatic rings. The van der Waals surface area contributed by atoms with Gasteiger partial charge in [-0.15, -0.1) is 0 Å². The van der Waals surface area contributed by atoms with Gasteiger partial charge in [0.2, 0.25) is 26.6 Å². The topological polar surface area (TPSA) is 81.4 Å². The summed E-state index contributed by atoms with van der Waals surface area (Å²) >= 11 is 0. The van der Waals surface area contributed by atoms with Crippen molar-refractivity contribution < 1.29 is 17.6 Å². The highest BCUT2D eigenvalue weighted by molar-refractivity contribution is 7.91. The second-order valence-electron chi connectivity index (χ2n) is 8.20. The first-order valence-corrected chi connectivity index (χ1v) is 12.9. The summed E-state index contributed by atoms with van der Waals surface area (Å²) in [5.41, 5.74) is 2.55. The van der Waals surface area contributed by atoms with Gasteiger partial charge in [0.15, 0.2) is 0 Å². The Balaban J connectivity index is 1.47. The molecule has 7 heteroatoms. The van der Waals surface area contributed by atoms with Crippen molar-refractivity contribution in [3.63, 3.8) is 0 Å². The van der Waals surface area contributed by atoms with Gasteiger partial charge in [-0.05, 0) is 60.5 Å². The number of nitrogens with one attached hydrogen (secondary N) is 1. The zero-order chi connectivity index (χ0) is 25.0. The fourth-order valence-electron chi connectivity index (χ4n) is 3.77. The Hall–Kier alpha value is -4.36. The average Bonchev–Trinajstić information content (AvgIpc) is 3.34. The number of anilines is 1. The monoisotopic (exact) mass is 496 g/mol. The van der Waals surface area contributed by atoms with Crippen LogP contribution in [-0.2, 0) is 16.4 Å². The number of rotatable bonds is 8. The molecule has 0 saturated carbocycles. The van der Waals surface area contributed by atoms with Crippen molar-refractivity contribution >= 4 is 15.7 Å². The van der Waals surface area contributed by atoms with E-state index in [9.17, 15) is 8.42 Å². The fourth-order valence-corrected chi connectivity index (χ4v) is 5.06. The van der Waals surface area contributed by atoms with Gasteiger partial charge in [-0.1, -0.05) is 66.7 Å². The molecule has 5 aromatic rings. The average molecular weight is 497 g/mol. The molecule has 6 nitrogen and oxygen atoms in total. The molecule has 5 rings (SSSR count). The fraction of sp³-hybridized carbons (Fsp3) is 0.0690. The van der Waals surface area contributed by atoms with Crippen LogP contribution in [0.3, 0.4) is 0 Å². The van der Waals surface area contributed by atoms with Gasteiger partial charge in [0.25, 0.3) is 0 Å². The molecule has 0 atom stereocenters. The van der Waals surface area contributed by atoms with Crippen LogP contribution in [0.5, 0.6) is 11.5 Å². The third-order valence-electron chi connectivity index (χ3n) is 5.61. The van der Waals surface area contributed by atoms with E-state index in [1.165, 1.54) is 0 Å². The van der Waals surface area contributed by atoms with Crippen LogP contribution in [0.2, 0.25) is 0 Å². The van der Waals surface area contributed by atoms with E-state index < -0.39 is 9.84 Å². The quantitative estimate of drug-likeness (QED) is 0.252. The number of aromatic nitrogens is 1. The van der Waals surface area contributed by atoms with Gasteiger partial charge in [0.05, 0.1) is 4.90 Å². The van der Waals surface area contributed by atoms with E-state index in [1.807, 2.05) is 85.8 Å². The van der Waals surface area contributed by atoms with Crippen LogP contribution in [-0.4, -0.2) is 13.4 Å². The maximum Gasteiger partial charge on any atom is 0.234 e. The van der Waals surface area contributed by atoms with Gasteiger partial charge in [0, 0.05) is 12.1 Å². The van der Waals surface area contributed by atoms with Crippen LogP contribution in [0.1, 0.15) is 11.1 Å². The Morgan fingerprint density at radius 3 is 2.22 bits per heavy atom. The van der Waals surface area contributed by atoms with E-state index in [0.29, 0.717) is 12.3 Å². The van der Waals surface area contributed by atoms with E-state index in [4.69, 9.17) is 9.15 Å². The minimum absolute atomic E-state index is 0.0893. The molecule has 4 aromatic carbocycles. The molecular formula is C29H24N2O4S. The first-order chi connectivity index (χ1) is 17.5. The molecule has 0 bridgehead atoms. The van der Waals surface area contributed by atoms with Crippen LogP contribution in [0.15, 0.2) is 124 Å². The van der Waals surface area contributed by atoms with Gasteiger partial charge in [0.1, 0.15) is 11.5 Å². The standard InChI is InChI=1S/C29H24N2O4S/c1-21-11-8-9-18-26(21)27-31-29(36(32,33)25-16-6-3-7-17-25)28(35-27)30-20-22-12-10-15-24(19-22)34-23-13-4-2-5-14-23/h2-19,30H,20H2,1H3. The number of oxazole rings is 1. The van der Waals surface area contributed by atoms with E-state index in [1.54, 1.807) is 30.3 Å². The molecule has 0 amide bonds. The number of nitrogens with zero attached hydrogens (tertiary/aromatic N) is 1. The number of hydrogen-bond donors (Lipinski definition) is 1. The molecule has 0 saturated heterocycles.